The Morgan fingerprint density at radius 1 is 0.696 bits per heavy atom. The number of nitrogens with one attached hydrogen (secondary N) is 3. The number of benzene rings is 3. The molecule has 14 heteroatoms. The molecule has 314 valence electrons. The molecule has 4 N–H and O–H groups in total. The summed E-state index contributed by atoms with van der Waals surface area (Å²) in [6, 6.07) is 11.0. The van der Waals surface area contributed by atoms with Crippen LogP contribution < -0.4 is 25.4 Å². The maximum atomic E-state index is 12.5. The lowest BCUT2D eigenvalue weighted by atomic mass is 10.0. The molecular weight excluding hydrogens is 737 g/mol. The van der Waals surface area contributed by atoms with Crippen LogP contribution in [0.4, 0.5) is 0 Å². The number of methoxy groups -OCH3 is 2. The fourth-order valence-electron chi connectivity index (χ4n) is 6.53. The molecule has 0 heterocycles. The van der Waals surface area contributed by atoms with Gasteiger partial charge in [0.15, 0.2) is 0 Å². The van der Waals surface area contributed by atoms with Crippen molar-refractivity contribution in [3.63, 3.8) is 0 Å². The van der Waals surface area contributed by atoms with Crippen LogP contribution in [0.5, 0.6) is 11.5 Å². The molecule has 3 aromatic rings. The van der Waals surface area contributed by atoms with Crippen molar-refractivity contribution in [3.05, 3.63) is 42.5 Å². The third kappa shape index (κ3) is 16.6. The summed E-state index contributed by atoms with van der Waals surface area (Å²) in [5.74, 6) is 0.647. The Hall–Kier alpha value is -3.98. The Balaban J connectivity index is 0.000000419. The molecule has 3 rings (SSSR count). The zero-order valence-corrected chi connectivity index (χ0v) is 35.6. The maximum absolute atomic E-state index is 12.5. The topological polar surface area (TPSA) is 183 Å². The number of carbonyl (C=O) groups excluding carboxylic acids is 3. The van der Waals surface area contributed by atoms with Gasteiger partial charge < -0.3 is 39.6 Å². The highest BCUT2D eigenvalue weighted by molar-refractivity contribution is 7.85. The summed E-state index contributed by atoms with van der Waals surface area (Å²) in [4.78, 5) is 36.5. The average molecular weight is 803 g/mol. The molecule has 0 aliphatic carbocycles. The minimum absolute atomic E-state index is 0.0255. The van der Waals surface area contributed by atoms with Crippen LogP contribution in [0.15, 0.2) is 47.4 Å². The first-order chi connectivity index (χ1) is 26.4. The molecular formula is C42H66N4O9S. The largest absolute Gasteiger partial charge is 0.744 e. The third-order valence-electron chi connectivity index (χ3n) is 9.41. The van der Waals surface area contributed by atoms with Crippen molar-refractivity contribution in [1.82, 2.24) is 16.0 Å². The number of hydrogen-bond donors (Lipinski definition) is 4. The zero-order valence-electron chi connectivity index (χ0n) is 34.7. The van der Waals surface area contributed by atoms with Gasteiger partial charge >= 0.3 is 0 Å². The van der Waals surface area contributed by atoms with E-state index in [1.54, 1.807) is 13.2 Å². The molecule has 0 aromatic heterocycles. The number of aliphatic hydroxyl groups is 1. The monoisotopic (exact) mass is 802 g/mol. The Kier molecular flexibility index (Phi) is 20.6. The number of hydrogen-bond acceptors (Lipinski definition) is 9. The van der Waals surface area contributed by atoms with Gasteiger partial charge in [-0.15, -0.1) is 0 Å². The summed E-state index contributed by atoms with van der Waals surface area (Å²) in [5, 5.41) is 20.4. The number of nitrogens with zero attached hydrogens (tertiary/aromatic N) is 1. The molecule has 0 saturated heterocycles. The van der Waals surface area contributed by atoms with Crippen LogP contribution >= 0.6 is 0 Å². The van der Waals surface area contributed by atoms with Crippen molar-refractivity contribution in [2.24, 2.45) is 0 Å². The van der Waals surface area contributed by atoms with E-state index in [9.17, 15) is 27.4 Å². The average Bonchev–Trinajstić information content (AvgIpc) is 3.12. The molecule has 3 aromatic carbocycles. The summed E-state index contributed by atoms with van der Waals surface area (Å²) < 4.78 is 45.6. The quantitative estimate of drug-likeness (QED) is 0.0399. The third-order valence-corrected chi connectivity index (χ3v) is 10.2. The van der Waals surface area contributed by atoms with Crippen LogP contribution in [0.1, 0.15) is 98.3 Å². The highest BCUT2D eigenvalue weighted by Crippen LogP contribution is 2.43. The van der Waals surface area contributed by atoms with Crippen molar-refractivity contribution < 1.29 is 46.4 Å². The molecule has 0 radical (unpaired) electrons. The normalized spacial score (nSPS) is 12.3. The predicted molar refractivity (Wildman–Crippen MR) is 221 cm³/mol. The molecule has 0 saturated carbocycles. The van der Waals surface area contributed by atoms with Gasteiger partial charge in [-0.1, -0.05) is 56.4 Å². The molecule has 56 heavy (non-hydrogen) atoms. The molecule has 13 nitrogen and oxygen atoms in total. The van der Waals surface area contributed by atoms with E-state index in [-0.39, 0.29) is 47.7 Å². The van der Waals surface area contributed by atoms with Gasteiger partial charge in [0, 0.05) is 46.5 Å². The lowest BCUT2D eigenvalue weighted by Gasteiger charge is -2.28. The smallest absolute Gasteiger partial charge is 0.242 e. The summed E-state index contributed by atoms with van der Waals surface area (Å²) >= 11 is 0. The number of likely N-dealkylation sites (N-methyl/N-ethyl adjacent to an activating group) is 1. The zero-order chi connectivity index (χ0) is 41.9. The molecule has 3 amide bonds. The van der Waals surface area contributed by atoms with Gasteiger partial charge in [-0.25, -0.2) is 8.42 Å². The van der Waals surface area contributed by atoms with Gasteiger partial charge in [-0.2, -0.15) is 0 Å². The summed E-state index contributed by atoms with van der Waals surface area (Å²) in [6.07, 6.45) is 9.88. The molecule has 0 aliphatic heterocycles. The lowest BCUT2D eigenvalue weighted by Crippen LogP contribution is -2.49. The first-order valence-electron chi connectivity index (χ1n) is 19.8. The van der Waals surface area contributed by atoms with E-state index in [0.29, 0.717) is 35.1 Å². The van der Waals surface area contributed by atoms with Crippen LogP contribution in [0.3, 0.4) is 0 Å². The van der Waals surface area contributed by atoms with E-state index >= 15 is 0 Å². The Morgan fingerprint density at radius 3 is 1.71 bits per heavy atom. The van der Waals surface area contributed by atoms with E-state index in [1.807, 2.05) is 52.0 Å². The number of rotatable bonds is 23. The van der Waals surface area contributed by atoms with Crippen molar-refractivity contribution in [3.8, 4) is 11.5 Å². The number of carbonyl (C=O) groups is 3. The second kappa shape index (κ2) is 23.9. The second-order valence-electron chi connectivity index (χ2n) is 15.5. The Morgan fingerprint density at radius 2 is 1.20 bits per heavy atom. The number of quaternary nitrogens is 1. The molecule has 1 unspecified atom stereocenters. The Bertz CT molecular complexity index is 1810. The van der Waals surface area contributed by atoms with Crippen molar-refractivity contribution in [2.45, 2.75) is 121 Å². The van der Waals surface area contributed by atoms with Crippen LogP contribution in [0.25, 0.3) is 21.5 Å². The van der Waals surface area contributed by atoms with Gasteiger partial charge in [-0.05, 0) is 71.6 Å². The van der Waals surface area contributed by atoms with E-state index in [0.717, 1.165) is 47.6 Å². The van der Waals surface area contributed by atoms with Gasteiger partial charge in [-0.3, -0.25) is 14.4 Å². The number of fused-ring (bicyclic) bond motifs is 2. The van der Waals surface area contributed by atoms with Gasteiger partial charge in [0.1, 0.15) is 34.2 Å². The first-order valence-corrected chi connectivity index (χ1v) is 21.2. The highest BCUT2D eigenvalue weighted by atomic mass is 32.2. The Labute approximate surface area is 334 Å². The van der Waals surface area contributed by atoms with Gasteiger partial charge in [0.2, 0.25) is 17.7 Å². The van der Waals surface area contributed by atoms with E-state index in [4.69, 9.17) is 14.6 Å². The van der Waals surface area contributed by atoms with Crippen LogP contribution in [-0.4, -0.2) is 106 Å². The van der Waals surface area contributed by atoms with Gasteiger partial charge in [0.05, 0.1) is 46.4 Å². The van der Waals surface area contributed by atoms with Crippen LogP contribution in [0, 0.1) is 0 Å². The minimum atomic E-state index is -4.54. The summed E-state index contributed by atoms with van der Waals surface area (Å²) in [5.41, 5.74) is 0. The van der Waals surface area contributed by atoms with Crippen LogP contribution in [-0.2, 0) is 24.5 Å². The molecule has 1 atom stereocenters. The lowest BCUT2D eigenvalue weighted by molar-refractivity contribution is -0.890. The number of amides is 3. The molecule has 0 spiro atoms. The first kappa shape index (κ1) is 48.2. The van der Waals surface area contributed by atoms with Crippen molar-refractivity contribution in [1.29, 1.82) is 0 Å². The maximum Gasteiger partial charge on any atom is 0.242 e. The SMILES string of the molecule is CC(C)NC(=O)CCC(NC(=O)CCCCCCCCCC[N+](C)(C)CCO)C(=O)NC(C)C.COc1c2ccccc2c(OC)c2cc(S(=O)(=O)[O-])ccc12. The van der Waals surface area contributed by atoms with E-state index in [2.05, 4.69) is 30.0 Å². The number of ether oxygens (including phenoxy) is 2. The standard InChI is InChI=1S/C26H52N4O4.C16H14O5S/c1-21(2)27-25(33)17-16-23(26(34)28-22(3)4)29-24(32)15-13-11-9-7-8-10-12-14-18-30(5,6)19-20-31;1-20-15-11-5-3-4-6-12(11)16(21-2)14-9-10(22(17,18)19)7-8-13(14)15/h21-23,31H,7-20H2,1-6H3,(H2-,27,28,29,32,33,34);3-9H,1-2H3,(H,17,18,19). The molecule has 0 bridgehead atoms. The van der Waals surface area contributed by atoms with E-state index in [1.165, 1.54) is 51.3 Å². The fraction of sp³-hybridized carbons (Fsp3) is 0.595. The van der Waals surface area contributed by atoms with Gasteiger partial charge in [0.25, 0.3) is 0 Å². The fourth-order valence-corrected chi connectivity index (χ4v) is 7.03. The van der Waals surface area contributed by atoms with Crippen molar-refractivity contribution >= 4 is 49.4 Å². The summed E-state index contributed by atoms with van der Waals surface area (Å²) in [6.45, 7) is 9.69. The highest BCUT2D eigenvalue weighted by Gasteiger charge is 2.22. The summed E-state index contributed by atoms with van der Waals surface area (Å²) in [7, 11) is 2.84. The van der Waals surface area contributed by atoms with Crippen LogP contribution in [0.2, 0.25) is 0 Å². The van der Waals surface area contributed by atoms with E-state index < -0.39 is 16.2 Å². The second-order valence-corrected chi connectivity index (χ2v) is 16.9. The molecule has 0 aliphatic rings. The molecule has 0 fully saturated rings. The van der Waals surface area contributed by atoms with Crippen molar-refractivity contribution in [2.75, 3.05) is 48.0 Å². The number of aliphatic hydroxyl groups excluding tert-OH is 1. The number of unbranched alkanes of at least 4 members (excludes halogenated alkanes) is 7. The minimum Gasteiger partial charge on any atom is -0.744 e. The predicted octanol–water partition coefficient (Wildman–Crippen LogP) is 5.79.